The van der Waals surface area contributed by atoms with E-state index in [2.05, 4.69) is 48.9 Å². The van der Waals surface area contributed by atoms with E-state index in [9.17, 15) is 0 Å². The summed E-state index contributed by atoms with van der Waals surface area (Å²) < 4.78 is 0. The maximum absolute atomic E-state index is 4.88. The molecular formula is C16H25N3. The predicted octanol–water partition coefficient (Wildman–Crippen LogP) is 2.88. The zero-order valence-corrected chi connectivity index (χ0v) is 12.4. The van der Waals surface area contributed by atoms with Crippen molar-refractivity contribution in [3.05, 3.63) is 23.9 Å². The quantitative estimate of drug-likeness (QED) is 0.832. The molecule has 3 nitrogen and oxygen atoms in total. The van der Waals surface area contributed by atoms with Crippen molar-refractivity contribution < 1.29 is 0 Å². The van der Waals surface area contributed by atoms with Gasteiger partial charge in [-0.25, -0.2) is 4.98 Å². The summed E-state index contributed by atoms with van der Waals surface area (Å²) in [6.07, 6.45) is 3.80. The van der Waals surface area contributed by atoms with Crippen molar-refractivity contribution in [2.45, 2.75) is 44.6 Å². The third-order valence-corrected chi connectivity index (χ3v) is 5.25. The maximum Gasteiger partial charge on any atom is 0.128 e. The Morgan fingerprint density at radius 2 is 2.11 bits per heavy atom. The van der Waals surface area contributed by atoms with Gasteiger partial charge in [0.05, 0.1) is 0 Å². The van der Waals surface area contributed by atoms with Crippen LogP contribution in [0.15, 0.2) is 18.2 Å². The molecule has 3 rings (SSSR count). The van der Waals surface area contributed by atoms with E-state index in [0.717, 1.165) is 19.5 Å². The van der Waals surface area contributed by atoms with E-state index < -0.39 is 0 Å². The molecular weight excluding hydrogens is 234 g/mol. The molecule has 2 aliphatic rings. The van der Waals surface area contributed by atoms with Crippen molar-refractivity contribution in [2.75, 3.05) is 31.6 Å². The number of likely N-dealkylation sites (N-methyl/N-ethyl adjacent to an activating group) is 1. The van der Waals surface area contributed by atoms with Crippen LogP contribution in [-0.4, -0.2) is 42.1 Å². The highest BCUT2D eigenvalue weighted by Gasteiger charge is 2.47. The fourth-order valence-corrected chi connectivity index (χ4v) is 3.32. The van der Waals surface area contributed by atoms with Gasteiger partial charge in [-0.1, -0.05) is 19.9 Å². The van der Waals surface area contributed by atoms with Crippen molar-refractivity contribution in [3.63, 3.8) is 0 Å². The van der Waals surface area contributed by atoms with E-state index in [1.807, 2.05) is 0 Å². The molecule has 2 atom stereocenters. The van der Waals surface area contributed by atoms with E-state index in [-0.39, 0.29) is 0 Å². The Morgan fingerprint density at radius 1 is 1.32 bits per heavy atom. The molecule has 0 aromatic carbocycles. The van der Waals surface area contributed by atoms with E-state index in [1.54, 1.807) is 0 Å². The number of anilines is 1. The number of pyridine rings is 1. The molecule has 1 unspecified atom stereocenters. The third kappa shape index (κ3) is 2.14. The molecule has 0 amide bonds. The number of nitrogens with zero attached hydrogens (tertiary/aromatic N) is 3. The van der Waals surface area contributed by atoms with E-state index in [4.69, 9.17) is 4.98 Å². The molecule has 104 valence electrons. The van der Waals surface area contributed by atoms with Crippen LogP contribution in [0.4, 0.5) is 5.82 Å². The SMILES string of the molecule is CCC(C)c1cccc(N2CC[C@]3(CCN3C)C2)n1. The van der Waals surface area contributed by atoms with Gasteiger partial charge in [0.15, 0.2) is 0 Å². The van der Waals surface area contributed by atoms with Gasteiger partial charge >= 0.3 is 0 Å². The molecule has 2 aliphatic heterocycles. The Balaban J connectivity index is 1.76. The standard InChI is InChI=1S/C16H25N3/c1-4-13(2)14-6-5-7-15(17-14)19-11-9-16(12-19)8-10-18(16)3/h5-7,13H,4,8-12H2,1-3H3/t13?,16-/m1/s1. The first-order valence-corrected chi connectivity index (χ1v) is 7.58. The molecule has 2 saturated heterocycles. The number of rotatable bonds is 3. The lowest BCUT2D eigenvalue weighted by molar-refractivity contribution is 0.0307. The van der Waals surface area contributed by atoms with Gasteiger partial charge in [0.2, 0.25) is 0 Å². The van der Waals surface area contributed by atoms with Gasteiger partial charge in [0, 0.05) is 30.9 Å². The zero-order chi connectivity index (χ0) is 13.5. The first-order chi connectivity index (χ1) is 9.14. The monoisotopic (exact) mass is 259 g/mol. The minimum absolute atomic E-state index is 0.452. The summed E-state index contributed by atoms with van der Waals surface area (Å²) in [4.78, 5) is 9.88. The highest BCUT2D eigenvalue weighted by molar-refractivity contribution is 5.43. The highest BCUT2D eigenvalue weighted by atomic mass is 15.3. The Hall–Kier alpha value is -1.09. The van der Waals surface area contributed by atoms with Crippen molar-refractivity contribution in [2.24, 2.45) is 0 Å². The first kappa shape index (κ1) is 12.9. The first-order valence-electron chi connectivity index (χ1n) is 7.58. The second kappa shape index (κ2) is 4.78. The molecule has 0 radical (unpaired) electrons. The van der Waals surface area contributed by atoms with Crippen molar-refractivity contribution >= 4 is 5.82 Å². The fraction of sp³-hybridized carbons (Fsp3) is 0.688. The van der Waals surface area contributed by atoms with Crippen LogP contribution in [0.3, 0.4) is 0 Å². The molecule has 1 spiro atoms. The second-order valence-corrected chi connectivity index (χ2v) is 6.30. The summed E-state index contributed by atoms with van der Waals surface area (Å²) in [5, 5.41) is 0. The van der Waals surface area contributed by atoms with E-state index >= 15 is 0 Å². The molecule has 0 bridgehead atoms. The smallest absolute Gasteiger partial charge is 0.128 e. The van der Waals surface area contributed by atoms with Gasteiger partial charge in [-0.2, -0.15) is 0 Å². The van der Waals surface area contributed by atoms with E-state index in [0.29, 0.717) is 11.5 Å². The molecule has 0 N–H and O–H groups in total. The van der Waals surface area contributed by atoms with Crippen LogP contribution in [0.25, 0.3) is 0 Å². The molecule has 1 aromatic heterocycles. The number of hydrogen-bond acceptors (Lipinski definition) is 3. The summed E-state index contributed by atoms with van der Waals surface area (Å²) in [5.41, 5.74) is 1.69. The van der Waals surface area contributed by atoms with E-state index in [1.165, 1.54) is 30.9 Å². The Bertz CT molecular complexity index is 459. The van der Waals surface area contributed by atoms with Gasteiger partial charge in [0.25, 0.3) is 0 Å². The van der Waals surface area contributed by atoms with Crippen LogP contribution in [0, 0.1) is 0 Å². The largest absolute Gasteiger partial charge is 0.355 e. The Kier molecular flexibility index (Phi) is 3.25. The van der Waals surface area contributed by atoms with Crippen LogP contribution < -0.4 is 4.90 Å². The van der Waals surface area contributed by atoms with Crippen LogP contribution in [0.5, 0.6) is 0 Å². The fourth-order valence-electron chi connectivity index (χ4n) is 3.32. The molecule has 3 heterocycles. The van der Waals surface area contributed by atoms with Gasteiger partial charge in [-0.15, -0.1) is 0 Å². The van der Waals surface area contributed by atoms with Crippen molar-refractivity contribution in [1.82, 2.24) is 9.88 Å². The molecule has 0 saturated carbocycles. The van der Waals surface area contributed by atoms with Crippen LogP contribution in [-0.2, 0) is 0 Å². The van der Waals surface area contributed by atoms with Gasteiger partial charge < -0.3 is 4.90 Å². The summed E-state index contributed by atoms with van der Waals surface area (Å²) in [6, 6.07) is 6.50. The molecule has 2 fully saturated rings. The molecule has 1 aromatic rings. The van der Waals surface area contributed by atoms with Gasteiger partial charge in [-0.05, 0) is 44.4 Å². The zero-order valence-electron chi connectivity index (χ0n) is 12.4. The maximum atomic E-state index is 4.88. The van der Waals surface area contributed by atoms with Crippen LogP contribution in [0.2, 0.25) is 0 Å². The van der Waals surface area contributed by atoms with Gasteiger partial charge in [0.1, 0.15) is 5.82 Å². The molecule has 19 heavy (non-hydrogen) atoms. The van der Waals surface area contributed by atoms with Crippen LogP contribution >= 0.6 is 0 Å². The van der Waals surface area contributed by atoms with Crippen molar-refractivity contribution in [3.8, 4) is 0 Å². The normalized spacial score (nSPS) is 28.7. The van der Waals surface area contributed by atoms with Gasteiger partial charge in [-0.3, -0.25) is 4.90 Å². The lowest BCUT2D eigenvalue weighted by Crippen LogP contribution is -2.59. The molecule has 0 aliphatic carbocycles. The predicted molar refractivity (Wildman–Crippen MR) is 79.8 cm³/mol. The number of hydrogen-bond donors (Lipinski definition) is 0. The Labute approximate surface area is 116 Å². The minimum Gasteiger partial charge on any atom is -0.355 e. The minimum atomic E-state index is 0.452. The third-order valence-electron chi connectivity index (χ3n) is 5.25. The Morgan fingerprint density at radius 3 is 2.68 bits per heavy atom. The lowest BCUT2D eigenvalue weighted by atomic mass is 9.85. The number of likely N-dealkylation sites (tertiary alicyclic amines) is 1. The summed E-state index contributed by atoms with van der Waals surface area (Å²) in [5.74, 6) is 1.73. The summed E-state index contributed by atoms with van der Waals surface area (Å²) >= 11 is 0. The molecule has 3 heteroatoms. The summed E-state index contributed by atoms with van der Waals surface area (Å²) in [6.45, 7) is 8.06. The van der Waals surface area contributed by atoms with Crippen molar-refractivity contribution in [1.29, 1.82) is 0 Å². The number of aromatic nitrogens is 1. The highest BCUT2D eigenvalue weighted by Crippen LogP contribution is 2.39. The average Bonchev–Trinajstić information content (AvgIpc) is 2.93. The summed E-state index contributed by atoms with van der Waals surface area (Å²) in [7, 11) is 2.26. The second-order valence-electron chi connectivity index (χ2n) is 6.30. The van der Waals surface area contributed by atoms with Crippen LogP contribution in [0.1, 0.15) is 44.7 Å². The lowest BCUT2D eigenvalue weighted by Gasteiger charge is -2.48. The topological polar surface area (TPSA) is 19.4 Å². The average molecular weight is 259 g/mol.